The first kappa shape index (κ1) is 20.3. The van der Waals surface area contributed by atoms with Crippen molar-refractivity contribution in [2.24, 2.45) is 0 Å². The van der Waals surface area contributed by atoms with Crippen molar-refractivity contribution < 1.29 is 4.79 Å². The Morgan fingerprint density at radius 3 is 2.33 bits per heavy atom. The molecule has 27 heavy (non-hydrogen) atoms. The summed E-state index contributed by atoms with van der Waals surface area (Å²) in [6, 6.07) is 22.3. The van der Waals surface area contributed by atoms with Crippen molar-refractivity contribution in [1.29, 1.82) is 0 Å². The van der Waals surface area contributed by atoms with E-state index in [-0.39, 0.29) is 5.78 Å². The molecular weight excluding hydrogens is 330 g/mol. The van der Waals surface area contributed by atoms with Crippen LogP contribution in [0.25, 0.3) is 11.3 Å². The van der Waals surface area contributed by atoms with E-state index in [0.29, 0.717) is 5.56 Å². The molecular formula is C25H27NO. The van der Waals surface area contributed by atoms with Crippen LogP contribution < -0.4 is 0 Å². The molecule has 0 N–H and O–H groups in total. The van der Waals surface area contributed by atoms with Gasteiger partial charge >= 0.3 is 0 Å². The molecule has 2 nitrogen and oxygen atoms in total. The van der Waals surface area contributed by atoms with Crippen molar-refractivity contribution in [2.75, 3.05) is 0 Å². The number of allylic oxidation sites excluding steroid dienone is 1. The maximum Gasteiger partial charge on any atom is 0.187 e. The Hall–Kier alpha value is -3.00. The number of hydrogen-bond donors (Lipinski definition) is 0. The van der Waals surface area contributed by atoms with E-state index >= 15 is 0 Å². The van der Waals surface area contributed by atoms with Crippen molar-refractivity contribution in [2.45, 2.75) is 33.6 Å². The quantitative estimate of drug-likeness (QED) is 0.392. The molecule has 0 saturated carbocycles. The van der Waals surface area contributed by atoms with Crippen LogP contribution in [0.3, 0.4) is 0 Å². The third kappa shape index (κ3) is 6.03. The summed E-state index contributed by atoms with van der Waals surface area (Å²) in [5, 5.41) is 0. The molecule has 0 radical (unpaired) electrons. The largest absolute Gasteiger partial charge is 0.289 e. The smallest absolute Gasteiger partial charge is 0.187 e. The van der Waals surface area contributed by atoms with Crippen LogP contribution in [0.15, 0.2) is 79.4 Å². The highest BCUT2D eigenvalue weighted by molar-refractivity contribution is 6.05. The van der Waals surface area contributed by atoms with Crippen LogP contribution in [0.5, 0.6) is 0 Å². The number of pyridine rings is 1. The molecule has 3 rings (SSSR count). The van der Waals surface area contributed by atoms with E-state index in [4.69, 9.17) is 0 Å². The van der Waals surface area contributed by atoms with Crippen LogP contribution in [0, 0.1) is 13.8 Å². The topological polar surface area (TPSA) is 30.0 Å². The Bertz CT molecular complexity index is 897. The van der Waals surface area contributed by atoms with Gasteiger partial charge in [-0.05, 0) is 44.0 Å². The van der Waals surface area contributed by atoms with E-state index < -0.39 is 0 Å². The van der Waals surface area contributed by atoms with Gasteiger partial charge in [0.25, 0.3) is 0 Å². The van der Waals surface area contributed by atoms with Gasteiger partial charge in [-0.1, -0.05) is 80.1 Å². The molecule has 138 valence electrons. The Balaban J connectivity index is 0.000000223. The van der Waals surface area contributed by atoms with Crippen LogP contribution in [-0.2, 0) is 6.42 Å². The first-order valence-electron chi connectivity index (χ1n) is 9.30. The fourth-order valence-electron chi connectivity index (χ4n) is 2.86. The molecule has 2 aromatic carbocycles. The van der Waals surface area contributed by atoms with Gasteiger partial charge in [-0.15, -0.1) is 0 Å². The summed E-state index contributed by atoms with van der Waals surface area (Å²) in [7, 11) is 0. The molecule has 1 heterocycles. The van der Waals surface area contributed by atoms with Crippen molar-refractivity contribution in [1.82, 2.24) is 4.98 Å². The molecule has 0 amide bonds. The van der Waals surface area contributed by atoms with E-state index in [1.165, 1.54) is 30.0 Å². The minimum absolute atomic E-state index is 0.0883. The van der Waals surface area contributed by atoms with Gasteiger partial charge in [0, 0.05) is 16.8 Å². The maximum absolute atomic E-state index is 11.5. The third-order valence-electron chi connectivity index (χ3n) is 4.23. The van der Waals surface area contributed by atoms with Crippen LogP contribution in [0.4, 0.5) is 0 Å². The average molecular weight is 357 g/mol. The van der Waals surface area contributed by atoms with E-state index in [1.54, 1.807) is 6.07 Å². The molecule has 0 fully saturated rings. The second-order valence-corrected chi connectivity index (χ2v) is 6.50. The Labute approximate surface area is 162 Å². The number of ketones is 1. The third-order valence-corrected chi connectivity index (χ3v) is 4.23. The number of aromatic nitrogens is 1. The lowest BCUT2D eigenvalue weighted by atomic mass is 10.1. The molecule has 0 saturated heterocycles. The standard InChI is InChI=1S/C15H13NO.C10H14/c1-3-15(17)13-9-10-14(16-11(13)2)12-7-5-4-6-8-12;1-3-5-10-7-4-6-9(2)8-10/h3-10H,1H2,2H3;4,6-8H,3,5H2,1-2H3. The summed E-state index contributed by atoms with van der Waals surface area (Å²) >= 11 is 0. The predicted molar refractivity (Wildman–Crippen MR) is 114 cm³/mol. The van der Waals surface area contributed by atoms with Gasteiger partial charge < -0.3 is 0 Å². The highest BCUT2D eigenvalue weighted by atomic mass is 16.1. The molecule has 0 aliphatic rings. The average Bonchev–Trinajstić information content (AvgIpc) is 2.69. The minimum Gasteiger partial charge on any atom is -0.289 e. The zero-order valence-electron chi connectivity index (χ0n) is 16.4. The zero-order valence-corrected chi connectivity index (χ0v) is 16.4. The number of rotatable bonds is 5. The lowest BCUT2D eigenvalue weighted by Crippen LogP contribution is -2.00. The van der Waals surface area contributed by atoms with Gasteiger partial charge in [0.2, 0.25) is 0 Å². The zero-order chi connectivity index (χ0) is 19.6. The summed E-state index contributed by atoms with van der Waals surface area (Å²) in [6.07, 6.45) is 3.76. The predicted octanol–water partition coefficient (Wildman–Crippen LogP) is 6.37. The fourth-order valence-corrected chi connectivity index (χ4v) is 2.86. The van der Waals surface area contributed by atoms with Gasteiger partial charge in [0.15, 0.2) is 5.78 Å². The van der Waals surface area contributed by atoms with Crippen molar-refractivity contribution in [3.8, 4) is 11.3 Å². The molecule has 0 aliphatic carbocycles. The first-order chi connectivity index (χ1) is 13.0. The normalized spacial score (nSPS) is 9.89. The van der Waals surface area contributed by atoms with Crippen molar-refractivity contribution in [3.05, 3.63) is 102 Å². The maximum atomic E-state index is 11.5. The molecule has 0 bridgehead atoms. The van der Waals surface area contributed by atoms with Gasteiger partial charge in [0.1, 0.15) is 0 Å². The number of aryl methyl sites for hydroxylation is 3. The van der Waals surface area contributed by atoms with Gasteiger partial charge in [-0.25, -0.2) is 0 Å². The summed E-state index contributed by atoms with van der Waals surface area (Å²) in [4.78, 5) is 16.0. The molecule has 0 spiro atoms. The van der Waals surface area contributed by atoms with E-state index in [1.807, 2.05) is 43.3 Å². The molecule has 1 aromatic heterocycles. The monoisotopic (exact) mass is 357 g/mol. The summed E-state index contributed by atoms with van der Waals surface area (Å²) in [5.74, 6) is -0.0883. The van der Waals surface area contributed by atoms with Crippen LogP contribution in [0.2, 0.25) is 0 Å². The SMILES string of the molecule is C=CC(=O)c1ccc(-c2ccccc2)nc1C.CCCc1cccc(C)c1. The Morgan fingerprint density at radius 1 is 1.00 bits per heavy atom. The number of carbonyl (C=O) groups is 1. The summed E-state index contributed by atoms with van der Waals surface area (Å²) in [5.41, 5.74) is 6.10. The lowest BCUT2D eigenvalue weighted by Gasteiger charge is -2.05. The summed E-state index contributed by atoms with van der Waals surface area (Å²) in [6.45, 7) is 9.67. The van der Waals surface area contributed by atoms with Gasteiger partial charge in [0.05, 0.1) is 5.69 Å². The molecule has 0 aliphatic heterocycles. The summed E-state index contributed by atoms with van der Waals surface area (Å²) < 4.78 is 0. The number of benzene rings is 2. The highest BCUT2D eigenvalue weighted by Crippen LogP contribution is 2.18. The Morgan fingerprint density at radius 2 is 1.74 bits per heavy atom. The molecule has 0 unspecified atom stereocenters. The fraction of sp³-hybridized carbons (Fsp3) is 0.200. The van der Waals surface area contributed by atoms with E-state index in [2.05, 4.69) is 49.7 Å². The highest BCUT2D eigenvalue weighted by Gasteiger charge is 2.08. The molecule has 0 atom stereocenters. The van der Waals surface area contributed by atoms with Crippen LogP contribution in [0.1, 0.15) is 40.5 Å². The van der Waals surface area contributed by atoms with Crippen molar-refractivity contribution in [3.63, 3.8) is 0 Å². The molecule has 2 heteroatoms. The van der Waals surface area contributed by atoms with Crippen LogP contribution in [-0.4, -0.2) is 10.8 Å². The van der Waals surface area contributed by atoms with Gasteiger partial charge in [-0.2, -0.15) is 0 Å². The number of carbonyl (C=O) groups excluding carboxylic acids is 1. The van der Waals surface area contributed by atoms with Gasteiger partial charge in [-0.3, -0.25) is 9.78 Å². The number of nitrogens with zero attached hydrogens (tertiary/aromatic N) is 1. The molecule has 3 aromatic rings. The minimum atomic E-state index is -0.0883. The van der Waals surface area contributed by atoms with Crippen LogP contribution >= 0.6 is 0 Å². The Kier molecular flexibility index (Phi) is 7.69. The lowest BCUT2D eigenvalue weighted by molar-refractivity contribution is 0.104. The number of hydrogen-bond acceptors (Lipinski definition) is 2. The van der Waals surface area contributed by atoms with Crippen molar-refractivity contribution >= 4 is 5.78 Å². The van der Waals surface area contributed by atoms with E-state index in [0.717, 1.165) is 17.0 Å². The first-order valence-corrected chi connectivity index (χ1v) is 9.30. The second kappa shape index (κ2) is 10.2. The van der Waals surface area contributed by atoms with E-state index in [9.17, 15) is 4.79 Å². The second-order valence-electron chi connectivity index (χ2n) is 6.50.